The third kappa shape index (κ3) is 4.58. The van der Waals surface area contributed by atoms with Crippen molar-refractivity contribution >= 4 is 5.91 Å². The molecule has 1 saturated heterocycles. The molecule has 0 aliphatic carbocycles. The second-order valence-corrected chi connectivity index (χ2v) is 7.43. The fourth-order valence-electron chi connectivity index (χ4n) is 3.46. The Morgan fingerprint density at radius 1 is 1.13 bits per heavy atom. The predicted octanol–water partition coefficient (Wildman–Crippen LogP) is 1.98. The molecule has 12 heteroatoms. The summed E-state index contributed by atoms with van der Waals surface area (Å²) in [4.78, 5) is 24.2. The highest BCUT2D eigenvalue weighted by atomic mass is 19.4. The fraction of sp³-hybridized carbons (Fsp3) is 0.421. The zero-order valence-corrected chi connectivity index (χ0v) is 17.0. The molecule has 1 amide bonds. The van der Waals surface area contributed by atoms with Gasteiger partial charge in [0.2, 0.25) is 11.6 Å². The number of nitrogens with zero attached hydrogens (tertiary/aromatic N) is 7. The Bertz CT molecular complexity index is 1080. The third-order valence-electron chi connectivity index (χ3n) is 5.04. The van der Waals surface area contributed by atoms with E-state index in [1.807, 2.05) is 11.2 Å². The monoisotopic (exact) mass is 434 g/mol. The summed E-state index contributed by atoms with van der Waals surface area (Å²) in [7, 11) is 0. The van der Waals surface area contributed by atoms with E-state index in [-0.39, 0.29) is 23.5 Å². The largest absolute Gasteiger partial charge is 0.451 e. The molecule has 1 aliphatic rings. The molecule has 1 fully saturated rings. The van der Waals surface area contributed by atoms with E-state index in [0.717, 1.165) is 11.2 Å². The topological polar surface area (TPSA) is 95.8 Å². The molecule has 3 heterocycles. The van der Waals surface area contributed by atoms with Gasteiger partial charge in [-0.3, -0.25) is 14.8 Å². The number of aromatic nitrogens is 6. The molecule has 3 aromatic rings. The Hall–Kier alpha value is -3.28. The van der Waals surface area contributed by atoms with Gasteiger partial charge in [-0.15, -0.1) is 10.2 Å². The van der Waals surface area contributed by atoms with E-state index < -0.39 is 12.0 Å². The van der Waals surface area contributed by atoms with Gasteiger partial charge in [-0.05, 0) is 19.4 Å². The van der Waals surface area contributed by atoms with Crippen molar-refractivity contribution in [2.75, 3.05) is 26.2 Å². The number of halogens is 3. The molecule has 0 unspecified atom stereocenters. The van der Waals surface area contributed by atoms with Crippen LogP contribution in [0.1, 0.15) is 33.4 Å². The normalized spacial score (nSPS) is 15.5. The number of benzene rings is 1. The third-order valence-corrected chi connectivity index (χ3v) is 5.04. The van der Waals surface area contributed by atoms with Crippen LogP contribution in [0.5, 0.6) is 0 Å². The number of carbonyl (C=O) groups excluding carboxylic acids is 1. The van der Waals surface area contributed by atoms with Crippen LogP contribution in [0.25, 0.3) is 5.95 Å². The van der Waals surface area contributed by atoms with Gasteiger partial charge in [0.15, 0.2) is 0 Å². The minimum absolute atomic E-state index is 0.0945. The van der Waals surface area contributed by atoms with Crippen LogP contribution in [0.15, 0.2) is 24.3 Å². The number of aryl methyl sites for hydroxylation is 2. The van der Waals surface area contributed by atoms with Crippen molar-refractivity contribution in [1.29, 1.82) is 0 Å². The van der Waals surface area contributed by atoms with E-state index in [4.69, 9.17) is 0 Å². The molecule has 1 aromatic carbocycles. The van der Waals surface area contributed by atoms with Crippen LogP contribution in [0.3, 0.4) is 0 Å². The molecule has 0 radical (unpaired) electrons. The summed E-state index contributed by atoms with van der Waals surface area (Å²) in [5, 5.41) is 9.39. The lowest BCUT2D eigenvalue weighted by Gasteiger charge is -2.34. The van der Waals surface area contributed by atoms with Crippen LogP contribution in [0.4, 0.5) is 13.2 Å². The van der Waals surface area contributed by atoms with Crippen molar-refractivity contribution in [3.8, 4) is 5.95 Å². The summed E-state index contributed by atoms with van der Waals surface area (Å²) in [5.74, 6) is -1.81. The number of alkyl halides is 3. The van der Waals surface area contributed by atoms with E-state index in [0.29, 0.717) is 26.2 Å². The number of hydrogen-bond acceptors (Lipinski definition) is 6. The summed E-state index contributed by atoms with van der Waals surface area (Å²) in [5.41, 5.74) is 2.43. The Balaban J connectivity index is 1.40. The van der Waals surface area contributed by atoms with E-state index in [9.17, 15) is 18.0 Å². The molecule has 1 aliphatic heterocycles. The predicted molar refractivity (Wildman–Crippen MR) is 103 cm³/mol. The first-order chi connectivity index (χ1) is 14.7. The van der Waals surface area contributed by atoms with Crippen LogP contribution in [0.2, 0.25) is 0 Å². The standard InChI is InChI=1S/C19H21F3N8O/c1-12-4-3-5-14(10-12)11-28-6-8-29(9-7-28)16(31)15-23-13(2)30(27-15)18-24-17(25-26-18)19(20,21)22/h3-5,10H,6-9,11H2,1-2H3,(H,24,25,26). The smallest absolute Gasteiger partial charge is 0.333 e. The first-order valence-electron chi connectivity index (χ1n) is 9.71. The van der Waals surface area contributed by atoms with Gasteiger partial charge in [-0.25, -0.2) is 4.98 Å². The summed E-state index contributed by atoms with van der Waals surface area (Å²) < 4.78 is 39.2. The van der Waals surface area contributed by atoms with Gasteiger partial charge in [0.1, 0.15) is 5.82 Å². The molecule has 164 valence electrons. The lowest BCUT2D eigenvalue weighted by atomic mass is 10.1. The molecule has 0 bridgehead atoms. The summed E-state index contributed by atoms with van der Waals surface area (Å²) in [6.07, 6.45) is -4.66. The lowest BCUT2D eigenvalue weighted by molar-refractivity contribution is -0.144. The highest BCUT2D eigenvalue weighted by molar-refractivity contribution is 5.90. The number of rotatable bonds is 4. The molecule has 4 rings (SSSR count). The van der Waals surface area contributed by atoms with Gasteiger partial charge in [-0.2, -0.15) is 22.8 Å². The maximum Gasteiger partial charge on any atom is 0.451 e. The summed E-state index contributed by atoms with van der Waals surface area (Å²) in [6, 6.07) is 8.30. The summed E-state index contributed by atoms with van der Waals surface area (Å²) >= 11 is 0. The van der Waals surface area contributed by atoms with Gasteiger partial charge >= 0.3 is 6.18 Å². The van der Waals surface area contributed by atoms with Crippen LogP contribution in [-0.2, 0) is 12.7 Å². The van der Waals surface area contributed by atoms with Gasteiger partial charge in [0.25, 0.3) is 11.9 Å². The highest BCUT2D eigenvalue weighted by Gasteiger charge is 2.36. The number of aromatic amines is 1. The van der Waals surface area contributed by atoms with Crippen LogP contribution in [0, 0.1) is 13.8 Å². The molecular formula is C19H21F3N8O. The number of piperazine rings is 1. The average Bonchev–Trinajstić information content (AvgIpc) is 3.35. The highest BCUT2D eigenvalue weighted by Crippen LogP contribution is 2.26. The molecule has 0 spiro atoms. The minimum atomic E-state index is -4.66. The van der Waals surface area contributed by atoms with Crippen molar-refractivity contribution < 1.29 is 18.0 Å². The fourth-order valence-corrected chi connectivity index (χ4v) is 3.46. The first kappa shape index (κ1) is 21.0. The Labute approximate surface area is 175 Å². The number of amides is 1. The minimum Gasteiger partial charge on any atom is -0.333 e. The van der Waals surface area contributed by atoms with Crippen molar-refractivity contribution in [1.82, 2.24) is 39.7 Å². The van der Waals surface area contributed by atoms with Crippen LogP contribution in [-0.4, -0.2) is 71.8 Å². The van der Waals surface area contributed by atoms with E-state index in [1.165, 1.54) is 18.1 Å². The SMILES string of the molecule is Cc1cccc(CN2CCN(C(=O)c3nc(C)n(-c4n[nH]c(C(F)(F)F)n4)n3)CC2)c1. The first-order valence-corrected chi connectivity index (χ1v) is 9.71. The number of carbonyl (C=O) groups is 1. The van der Waals surface area contributed by atoms with Gasteiger partial charge in [-0.1, -0.05) is 29.8 Å². The second-order valence-electron chi connectivity index (χ2n) is 7.43. The van der Waals surface area contributed by atoms with Crippen LogP contribution >= 0.6 is 0 Å². The lowest BCUT2D eigenvalue weighted by Crippen LogP contribution is -2.48. The number of nitrogens with one attached hydrogen (secondary N) is 1. The number of H-pyrrole nitrogens is 1. The van der Waals surface area contributed by atoms with E-state index >= 15 is 0 Å². The second kappa shape index (κ2) is 8.10. The Kier molecular flexibility index (Phi) is 5.48. The Morgan fingerprint density at radius 2 is 1.87 bits per heavy atom. The van der Waals surface area contributed by atoms with Crippen molar-refractivity contribution in [2.45, 2.75) is 26.6 Å². The molecule has 31 heavy (non-hydrogen) atoms. The van der Waals surface area contributed by atoms with Crippen LogP contribution < -0.4 is 0 Å². The van der Waals surface area contributed by atoms with Gasteiger partial charge in [0, 0.05) is 32.7 Å². The molecule has 0 atom stereocenters. The maximum atomic E-state index is 12.8. The zero-order valence-electron chi connectivity index (χ0n) is 17.0. The van der Waals surface area contributed by atoms with E-state index in [2.05, 4.69) is 50.2 Å². The molecule has 2 aromatic heterocycles. The summed E-state index contributed by atoms with van der Waals surface area (Å²) in [6.45, 7) is 6.81. The maximum absolute atomic E-state index is 12.8. The van der Waals surface area contributed by atoms with Crippen molar-refractivity contribution in [3.63, 3.8) is 0 Å². The molecule has 1 N–H and O–H groups in total. The molecular weight excluding hydrogens is 413 g/mol. The van der Waals surface area contributed by atoms with E-state index in [1.54, 1.807) is 4.90 Å². The van der Waals surface area contributed by atoms with Gasteiger partial charge < -0.3 is 4.90 Å². The quantitative estimate of drug-likeness (QED) is 0.675. The molecule has 0 saturated carbocycles. The van der Waals surface area contributed by atoms with Gasteiger partial charge in [0.05, 0.1) is 0 Å². The number of hydrogen-bond donors (Lipinski definition) is 1. The molecule has 9 nitrogen and oxygen atoms in total. The average molecular weight is 434 g/mol. The van der Waals surface area contributed by atoms with Crippen molar-refractivity contribution in [2.24, 2.45) is 0 Å². The Morgan fingerprint density at radius 3 is 2.52 bits per heavy atom. The van der Waals surface area contributed by atoms with Crippen molar-refractivity contribution in [3.05, 3.63) is 52.9 Å². The zero-order chi connectivity index (χ0) is 22.2.